The maximum Gasteiger partial charge on any atom is 0.457 e. The molecule has 2 fully saturated rings. The lowest BCUT2D eigenvalue weighted by Gasteiger charge is -2.42. The van der Waals surface area contributed by atoms with Crippen molar-refractivity contribution in [1.29, 1.82) is 0 Å². The second-order valence-electron chi connectivity index (χ2n) is 14.2. The van der Waals surface area contributed by atoms with E-state index in [2.05, 4.69) is 32.6 Å². The zero-order chi connectivity index (χ0) is 29.0. The summed E-state index contributed by atoms with van der Waals surface area (Å²) in [7, 11) is 1.40. The Bertz CT molecular complexity index is 782. The van der Waals surface area contributed by atoms with Crippen LogP contribution in [0.4, 0.5) is 4.79 Å². The number of hydrogen-bond donors (Lipinski definition) is 0. The highest BCUT2D eigenvalue weighted by Crippen LogP contribution is 2.39. The van der Waals surface area contributed by atoms with Crippen LogP contribution in [0.25, 0.3) is 0 Å². The molecule has 0 bridgehead atoms. The molecule has 0 saturated carbocycles. The first-order valence-corrected chi connectivity index (χ1v) is 14.6. The van der Waals surface area contributed by atoms with Crippen molar-refractivity contribution < 1.29 is 28.4 Å². The average Bonchev–Trinajstić information content (AvgIpc) is 3.31. The Labute approximate surface area is 232 Å². The Morgan fingerprint density at radius 3 is 1.84 bits per heavy atom. The van der Waals surface area contributed by atoms with Gasteiger partial charge in [0.05, 0.1) is 11.2 Å². The topological polar surface area (TPSA) is 77.5 Å². The van der Waals surface area contributed by atoms with Gasteiger partial charge in [-0.25, -0.2) is 9.59 Å². The van der Waals surface area contributed by atoms with Crippen LogP contribution in [0.5, 0.6) is 0 Å². The lowest BCUT2D eigenvalue weighted by molar-refractivity contribution is -0.170. The first kappa shape index (κ1) is 32.9. The molecular formula is C29H55BN2O6. The number of amides is 1. The minimum atomic E-state index is -1.12. The molecule has 8 nitrogen and oxygen atoms in total. The number of likely N-dealkylation sites (tertiary alicyclic amines) is 1. The molecule has 2 aliphatic rings. The molecule has 0 aliphatic carbocycles. The highest BCUT2D eigenvalue weighted by molar-refractivity contribution is 6.45. The Morgan fingerprint density at radius 2 is 1.34 bits per heavy atom. The van der Waals surface area contributed by atoms with Crippen LogP contribution >= 0.6 is 0 Å². The lowest BCUT2D eigenvalue weighted by Crippen LogP contribution is -2.58. The third-order valence-electron chi connectivity index (χ3n) is 7.93. The van der Waals surface area contributed by atoms with E-state index in [0.29, 0.717) is 12.8 Å². The van der Waals surface area contributed by atoms with Gasteiger partial charge < -0.3 is 23.7 Å². The standard InChI is InChI=1S/C29H55BN2O6/c1-25(2,3)35-23(33)29(18-16-22-32-20-14-15-21-32,31(11)24(34)36-26(4,5)6)17-12-13-19-30-37-27(7,8)28(9,10)38-30/h12-22H2,1-11H3. The Hall–Kier alpha value is -1.32. The number of carbonyl (C=O) groups excluding carboxylic acids is 2. The summed E-state index contributed by atoms with van der Waals surface area (Å²) in [5.74, 6) is -0.365. The molecule has 1 amide bonds. The summed E-state index contributed by atoms with van der Waals surface area (Å²) in [6.45, 7) is 22.4. The summed E-state index contributed by atoms with van der Waals surface area (Å²) in [6.07, 6.45) is 5.97. The van der Waals surface area contributed by atoms with Gasteiger partial charge in [-0.2, -0.15) is 0 Å². The van der Waals surface area contributed by atoms with Crippen LogP contribution in [0.2, 0.25) is 6.32 Å². The van der Waals surface area contributed by atoms with Crippen molar-refractivity contribution in [2.24, 2.45) is 0 Å². The van der Waals surface area contributed by atoms with E-state index >= 15 is 0 Å². The summed E-state index contributed by atoms with van der Waals surface area (Å²) >= 11 is 0. The number of likely N-dealkylation sites (N-methyl/N-ethyl adjacent to an activating group) is 1. The van der Waals surface area contributed by atoms with E-state index in [4.69, 9.17) is 18.8 Å². The van der Waals surface area contributed by atoms with Crippen LogP contribution in [0.1, 0.15) is 114 Å². The molecule has 2 heterocycles. The Balaban J connectivity index is 2.22. The molecule has 38 heavy (non-hydrogen) atoms. The van der Waals surface area contributed by atoms with Gasteiger partial charge in [-0.3, -0.25) is 4.90 Å². The molecule has 2 aliphatic heterocycles. The molecule has 220 valence electrons. The summed E-state index contributed by atoms with van der Waals surface area (Å²) in [5.41, 5.74) is -3.20. The van der Waals surface area contributed by atoms with Gasteiger partial charge in [-0.15, -0.1) is 0 Å². The van der Waals surface area contributed by atoms with Gasteiger partial charge in [0.1, 0.15) is 16.7 Å². The van der Waals surface area contributed by atoms with E-state index in [1.54, 1.807) is 7.05 Å². The average molecular weight is 539 g/mol. The molecule has 0 aromatic carbocycles. The van der Waals surface area contributed by atoms with Gasteiger partial charge in [-0.1, -0.05) is 12.8 Å². The fraction of sp³-hybridized carbons (Fsp3) is 0.931. The van der Waals surface area contributed by atoms with E-state index in [1.807, 2.05) is 41.5 Å². The molecule has 2 rings (SSSR count). The van der Waals surface area contributed by atoms with Crippen LogP contribution in [-0.4, -0.2) is 83.6 Å². The Morgan fingerprint density at radius 1 is 0.842 bits per heavy atom. The number of nitrogens with zero attached hydrogens (tertiary/aromatic N) is 2. The van der Waals surface area contributed by atoms with E-state index < -0.39 is 22.8 Å². The number of hydrogen-bond acceptors (Lipinski definition) is 7. The minimum absolute atomic E-state index is 0.283. The number of unbranched alkanes of at least 4 members (excludes halogenated alkanes) is 1. The van der Waals surface area contributed by atoms with E-state index in [0.717, 1.165) is 45.2 Å². The van der Waals surface area contributed by atoms with Crippen LogP contribution in [-0.2, 0) is 23.6 Å². The molecule has 2 saturated heterocycles. The number of carbonyl (C=O) groups is 2. The SMILES string of the molecule is CN(C(=O)OC(C)(C)C)C(CCCCB1OC(C)(C)C(C)(C)O1)(CCCN1CCCC1)C(=O)OC(C)(C)C. The van der Waals surface area contributed by atoms with Gasteiger partial charge in [0, 0.05) is 7.05 Å². The van der Waals surface area contributed by atoms with Gasteiger partial charge in [0.15, 0.2) is 0 Å². The monoisotopic (exact) mass is 538 g/mol. The normalized spacial score (nSPS) is 21.3. The third-order valence-corrected chi connectivity index (χ3v) is 7.93. The minimum Gasteiger partial charge on any atom is -0.458 e. The van der Waals surface area contributed by atoms with Gasteiger partial charge in [0.25, 0.3) is 0 Å². The molecule has 0 N–H and O–H groups in total. The molecule has 0 spiro atoms. The van der Waals surface area contributed by atoms with Gasteiger partial charge in [0.2, 0.25) is 0 Å². The molecular weight excluding hydrogens is 483 g/mol. The fourth-order valence-corrected chi connectivity index (χ4v) is 5.09. The van der Waals surface area contributed by atoms with Crippen molar-refractivity contribution in [3.05, 3.63) is 0 Å². The summed E-state index contributed by atoms with van der Waals surface area (Å²) in [6, 6.07) is 0. The van der Waals surface area contributed by atoms with Crippen molar-refractivity contribution in [2.45, 2.75) is 148 Å². The quantitative estimate of drug-likeness (QED) is 0.179. The molecule has 1 atom stereocenters. The van der Waals surface area contributed by atoms with E-state index in [-0.39, 0.29) is 24.3 Å². The summed E-state index contributed by atoms with van der Waals surface area (Å²) in [4.78, 5) is 31.2. The van der Waals surface area contributed by atoms with E-state index in [1.165, 1.54) is 17.7 Å². The maximum atomic E-state index is 13.9. The van der Waals surface area contributed by atoms with E-state index in [9.17, 15) is 9.59 Å². The zero-order valence-electron chi connectivity index (χ0n) is 26.2. The van der Waals surface area contributed by atoms with Crippen molar-refractivity contribution in [3.63, 3.8) is 0 Å². The number of rotatable bonds is 11. The molecule has 0 aromatic rings. The lowest BCUT2D eigenvalue weighted by atomic mass is 9.79. The zero-order valence-corrected chi connectivity index (χ0v) is 26.2. The van der Waals surface area contributed by atoms with Gasteiger partial charge in [-0.05, 0) is 127 Å². The summed E-state index contributed by atoms with van der Waals surface area (Å²) in [5, 5.41) is 0. The number of ether oxygens (including phenoxy) is 2. The molecule has 0 radical (unpaired) electrons. The molecule has 1 unspecified atom stereocenters. The van der Waals surface area contributed by atoms with Crippen LogP contribution < -0.4 is 0 Å². The second-order valence-corrected chi connectivity index (χ2v) is 14.2. The highest BCUT2D eigenvalue weighted by atomic mass is 16.7. The predicted molar refractivity (Wildman–Crippen MR) is 152 cm³/mol. The van der Waals surface area contributed by atoms with Crippen molar-refractivity contribution in [1.82, 2.24) is 9.80 Å². The van der Waals surface area contributed by atoms with Crippen LogP contribution in [0, 0.1) is 0 Å². The second kappa shape index (κ2) is 12.5. The summed E-state index contributed by atoms with van der Waals surface area (Å²) < 4.78 is 24.0. The highest BCUT2D eigenvalue weighted by Gasteiger charge is 2.51. The smallest absolute Gasteiger partial charge is 0.457 e. The largest absolute Gasteiger partial charge is 0.458 e. The number of esters is 1. The van der Waals surface area contributed by atoms with Crippen molar-refractivity contribution in [2.75, 3.05) is 26.7 Å². The Kier molecular flexibility index (Phi) is 10.8. The maximum absolute atomic E-state index is 13.9. The fourth-order valence-electron chi connectivity index (χ4n) is 5.09. The van der Waals surface area contributed by atoms with Crippen LogP contribution in [0.3, 0.4) is 0 Å². The van der Waals surface area contributed by atoms with Crippen LogP contribution in [0.15, 0.2) is 0 Å². The molecule has 0 aromatic heterocycles. The van der Waals surface area contributed by atoms with Gasteiger partial charge >= 0.3 is 19.2 Å². The molecule has 9 heteroatoms. The third kappa shape index (κ3) is 9.12. The first-order valence-electron chi connectivity index (χ1n) is 14.6. The first-order chi connectivity index (χ1) is 17.3. The van der Waals surface area contributed by atoms with Crippen molar-refractivity contribution in [3.8, 4) is 0 Å². The predicted octanol–water partition coefficient (Wildman–Crippen LogP) is 6.07. The van der Waals surface area contributed by atoms with Crippen molar-refractivity contribution >= 4 is 19.2 Å².